The molecule has 2 fully saturated rings. The number of aromatic amines is 1. The summed E-state index contributed by atoms with van der Waals surface area (Å²) < 4.78 is 0. The molecule has 2 N–H and O–H groups in total. The van der Waals surface area contributed by atoms with E-state index in [0.29, 0.717) is 12.3 Å². The number of amides is 1. The van der Waals surface area contributed by atoms with Crippen molar-refractivity contribution in [2.45, 2.75) is 51.0 Å². The quantitative estimate of drug-likeness (QED) is 0.881. The minimum absolute atomic E-state index is 0.128. The number of hydrogen-bond donors (Lipinski definition) is 2. The highest BCUT2D eigenvalue weighted by Gasteiger charge is 2.27. The van der Waals surface area contributed by atoms with Crippen LogP contribution in [0.3, 0.4) is 0 Å². The number of nitrogens with zero attached hydrogens (tertiary/aromatic N) is 2. The summed E-state index contributed by atoms with van der Waals surface area (Å²) in [7, 11) is 0. The fourth-order valence-corrected chi connectivity index (χ4v) is 3.60. The van der Waals surface area contributed by atoms with Gasteiger partial charge in [0, 0.05) is 36.8 Å². The van der Waals surface area contributed by atoms with Crippen molar-refractivity contribution in [3.05, 3.63) is 47.2 Å². The minimum Gasteiger partial charge on any atom is -0.355 e. The molecule has 1 amide bonds. The van der Waals surface area contributed by atoms with Gasteiger partial charge in [0.1, 0.15) is 0 Å². The molecule has 1 aliphatic heterocycles. The van der Waals surface area contributed by atoms with Crippen LogP contribution in [-0.2, 0) is 11.2 Å². The SMILES string of the molecule is Cc1ccccc1CC(=O)NC1CCN(c2cc(C3CC3)[nH]n2)CC1. The summed E-state index contributed by atoms with van der Waals surface area (Å²) >= 11 is 0. The summed E-state index contributed by atoms with van der Waals surface area (Å²) in [4.78, 5) is 14.7. The summed E-state index contributed by atoms with van der Waals surface area (Å²) in [5.74, 6) is 1.90. The largest absolute Gasteiger partial charge is 0.355 e. The lowest BCUT2D eigenvalue weighted by molar-refractivity contribution is -0.121. The van der Waals surface area contributed by atoms with Crippen LogP contribution in [0, 0.1) is 6.92 Å². The second-order valence-electron chi connectivity index (χ2n) is 7.39. The molecular formula is C20H26N4O. The van der Waals surface area contributed by atoms with Crippen molar-refractivity contribution in [1.82, 2.24) is 15.5 Å². The van der Waals surface area contributed by atoms with Gasteiger partial charge < -0.3 is 10.2 Å². The average Bonchev–Trinajstić information content (AvgIpc) is 3.35. The van der Waals surface area contributed by atoms with E-state index in [1.54, 1.807) is 0 Å². The lowest BCUT2D eigenvalue weighted by atomic mass is 10.0. The molecule has 1 aliphatic carbocycles. The molecule has 0 atom stereocenters. The average molecular weight is 338 g/mol. The van der Waals surface area contributed by atoms with Crippen LogP contribution in [0.4, 0.5) is 5.82 Å². The number of hydrogen-bond acceptors (Lipinski definition) is 3. The molecule has 25 heavy (non-hydrogen) atoms. The van der Waals surface area contributed by atoms with E-state index in [9.17, 15) is 4.79 Å². The first-order valence-electron chi connectivity index (χ1n) is 9.33. The standard InChI is InChI=1S/C20H26N4O/c1-14-4-2-3-5-16(14)12-20(25)21-17-8-10-24(11-9-17)19-13-18(22-23-19)15-6-7-15/h2-5,13,15,17H,6-12H2,1H3,(H,21,25)(H,22,23). The number of rotatable bonds is 5. The van der Waals surface area contributed by atoms with E-state index in [1.165, 1.54) is 24.1 Å². The summed E-state index contributed by atoms with van der Waals surface area (Å²) in [6.45, 7) is 3.95. The summed E-state index contributed by atoms with van der Waals surface area (Å²) in [6, 6.07) is 10.6. The topological polar surface area (TPSA) is 61.0 Å². The predicted molar refractivity (Wildman–Crippen MR) is 98.8 cm³/mol. The molecule has 2 aromatic rings. The maximum atomic E-state index is 12.3. The van der Waals surface area contributed by atoms with Gasteiger partial charge in [0.2, 0.25) is 5.91 Å². The second kappa shape index (κ2) is 6.90. The summed E-state index contributed by atoms with van der Waals surface area (Å²) in [5.41, 5.74) is 3.57. The highest BCUT2D eigenvalue weighted by Crippen LogP contribution is 2.40. The van der Waals surface area contributed by atoms with Crippen molar-refractivity contribution >= 4 is 11.7 Å². The number of H-pyrrole nitrogens is 1. The number of anilines is 1. The number of benzene rings is 1. The maximum Gasteiger partial charge on any atom is 0.224 e. The van der Waals surface area contributed by atoms with Gasteiger partial charge in [-0.15, -0.1) is 0 Å². The monoisotopic (exact) mass is 338 g/mol. The van der Waals surface area contributed by atoms with Gasteiger partial charge in [-0.3, -0.25) is 9.89 Å². The molecule has 2 heterocycles. The van der Waals surface area contributed by atoms with Gasteiger partial charge in [-0.05, 0) is 43.7 Å². The van der Waals surface area contributed by atoms with E-state index in [0.717, 1.165) is 37.3 Å². The molecule has 0 radical (unpaired) electrons. The molecule has 5 heteroatoms. The van der Waals surface area contributed by atoms with Crippen molar-refractivity contribution in [1.29, 1.82) is 0 Å². The Bertz CT molecular complexity index is 742. The van der Waals surface area contributed by atoms with Crippen LogP contribution in [0.1, 0.15) is 48.4 Å². The fourth-order valence-electron chi connectivity index (χ4n) is 3.60. The first kappa shape index (κ1) is 16.2. The molecular weight excluding hydrogens is 312 g/mol. The number of aromatic nitrogens is 2. The third-order valence-corrected chi connectivity index (χ3v) is 5.40. The van der Waals surface area contributed by atoms with Gasteiger partial charge >= 0.3 is 0 Å². The van der Waals surface area contributed by atoms with Crippen LogP contribution in [0.5, 0.6) is 0 Å². The van der Waals surface area contributed by atoms with Crippen LogP contribution in [0.15, 0.2) is 30.3 Å². The van der Waals surface area contributed by atoms with Gasteiger partial charge in [0.25, 0.3) is 0 Å². The van der Waals surface area contributed by atoms with E-state index in [2.05, 4.69) is 39.5 Å². The van der Waals surface area contributed by atoms with E-state index in [4.69, 9.17) is 0 Å². The van der Waals surface area contributed by atoms with Crippen LogP contribution < -0.4 is 10.2 Å². The normalized spacial score (nSPS) is 18.4. The van der Waals surface area contributed by atoms with Gasteiger partial charge in [0.05, 0.1) is 6.42 Å². The van der Waals surface area contributed by atoms with Crippen molar-refractivity contribution in [3.8, 4) is 0 Å². The number of aryl methyl sites for hydroxylation is 1. The molecule has 0 spiro atoms. The molecule has 5 nitrogen and oxygen atoms in total. The third kappa shape index (κ3) is 3.86. The first-order chi connectivity index (χ1) is 12.2. The molecule has 4 rings (SSSR count). The summed E-state index contributed by atoms with van der Waals surface area (Å²) in [6.07, 6.45) is 5.00. The summed E-state index contributed by atoms with van der Waals surface area (Å²) in [5, 5.41) is 10.9. The Labute approximate surface area is 148 Å². The van der Waals surface area contributed by atoms with E-state index < -0.39 is 0 Å². The Kier molecular flexibility index (Phi) is 4.47. The molecule has 1 aromatic carbocycles. The maximum absolute atomic E-state index is 12.3. The Morgan fingerprint density at radius 1 is 1.24 bits per heavy atom. The fraction of sp³-hybridized carbons (Fsp3) is 0.500. The highest BCUT2D eigenvalue weighted by atomic mass is 16.1. The third-order valence-electron chi connectivity index (χ3n) is 5.40. The van der Waals surface area contributed by atoms with Gasteiger partial charge in [0.15, 0.2) is 5.82 Å². The predicted octanol–water partition coefficient (Wildman–Crippen LogP) is 2.92. The number of piperidine rings is 1. The molecule has 0 unspecified atom stereocenters. The Morgan fingerprint density at radius 3 is 2.72 bits per heavy atom. The van der Waals surface area contributed by atoms with E-state index >= 15 is 0 Å². The minimum atomic E-state index is 0.128. The van der Waals surface area contributed by atoms with Gasteiger partial charge in [-0.2, -0.15) is 5.10 Å². The van der Waals surface area contributed by atoms with E-state index in [1.807, 2.05) is 18.2 Å². The Morgan fingerprint density at radius 2 is 2.00 bits per heavy atom. The molecule has 132 valence electrons. The number of carbonyl (C=O) groups excluding carboxylic acids is 1. The van der Waals surface area contributed by atoms with Crippen LogP contribution in [0.25, 0.3) is 0 Å². The first-order valence-corrected chi connectivity index (χ1v) is 9.33. The lowest BCUT2D eigenvalue weighted by Crippen LogP contribution is -2.45. The molecule has 1 saturated carbocycles. The Balaban J connectivity index is 1.26. The molecule has 2 aliphatic rings. The second-order valence-corrected chi connectivity index (χ2v) is 7.39. The zero-order valence-corrected chi connectivity index (χ0v) is 14.8. The number of nitrogens with one attached hydrogen (secondary N) is 2. The zero-order valence-electron chi connectivity index (χ0n) is 14.8. The molecule has 1 aromatic heterocycles. The number of carbonyl (C=O) groups is 1. The van der Waals surface area contributed by atoms with Crippen LogP contribution in [0.2, 0.25) is 0 Å². The smallest absolute Gasteiger partial charge is 0.224 e. The van der Waals surface area contributed by atoms with Gasteiger partial charge in [-0.1, -0.05) is 24.3 Å². The van der Waals surface area contributed by atoms with E-state index in [-0.39, 0.29) is 11.9 Å². The van der Waals surface area contributed by atoms with Crippen molar-refractivity contribution < 1.29 is 4.79 Å². The van der Waals surface area contributed by atoms with Crippen molar-refractivity contribution in [2.24, 2.45) is 0 Å². The van der Waals surface area contributed by atoms with Crippen LogP contribution >= 0.6 is 0 Å². The Hall–Kier alpha value is -2.30. The van der Waals surface area contributed by atoms with Crippen molar-refractivity contribution in [2.75, 3.05) is 18.0 Å². The zero-order chi connectivity index (χ0) is 17.2. The lowest BCUT2D eigenvalue weighted by Gasteiger charge is -2.32. The highest BCUT2D eigenvalue weighted by molar-refractivity contribution is 5.79. The molecule has 0 bridgehead atoms. The van der Waals surface area contributed by atoms with Crippen molar-refractivity contribution in [3.63, 3.8) is 0 Å². The van der Waals surface area contributed by atoms with Crippen LogP contribution in [-0.4, -0.2) is 35.2 Å². The van der Waals surface area contributed by atoms with Gasteiger partial charge in [-0.25, -0.2) is 0 Å². The molecule has 1 saturated heterocycles.